The Hall–Kier alpha value is -3.46. The summed E-state index contributed by atoms with van der Waals surface area (Å²) in [4.78, 5) is 36.4. The van der Waals surface area contributed by atoms with E-state index in [0.29, 0.717) is 17.0 Å². The largest absolute Gasteiger partial charge is 0.497 e. The molecule has 3 heterocycles. The van der Waals surface area contributed by atoms with Crippen LogP contribution in [0.4, 0.5) is 0 Å². The van der Waals surface area contributed by atoms with E-state index in [4.69, 9.17) is 4.74 Å². The number of rotatable bonds is 7. The number of thiophene rings is 1. The number of nitrogens with zero attached hydrogens (tertiary/aromatic N) is 4. The summed E-state index contributed by atoms with van der Waals surface area (Å²) in [5.41, 5.74) is 1.70. The second kappa shape index (κ2) is 8.96. The molecule has 1 N–H and O–H groups in total. The zero-order valence-corrected chi connectivity index (χ0v) is 19.3. The molecule has 4 rings (SSSR count). The molecule has 1 unspecified atom stereocenters. The van der Waals surface area contributed by atoms with Crippen LogP contribution in [0.3, 0.4) is 0 Å². The summed E-state index contributed by atoms with van der Waals surface area (Å²) in [7, 11) is 3.49. The van der Waals surface area contributed by atoms with Gasteiger partial charge in [0.2, 0.25) is 5.91 Å². The van der Waals surface area contributed by atoms with E-state index in [1.165, 1.54) is 22.2 Å². The van der Waals surface area contributed by atoms with Gasteiger partial charge in [-0.1, -0.05) is 12.1 Å². The van der Waals surface area contributed by atoms with Crippen molar-refractivity contribution in [2.24, 2.45) is 7.05 Å². The summed E-state index contributed by atoms with van der Waals surface area (Å²) < 4.78 is 8.71. The van der Waals surface area contributed by atoms with Crippen LogP contribution in [0.5, 0.6) is 5.75 Å². The van der Waals surface area contributed by atoms with Crippen molar-refractivity contribution in [3.8, 4) is 5.75 Å². The number of aryl methyl sites for hydroxylation is 4. The molecule has 0 fully saturated rings. The lowest BCUT2D eigenvalue weighted by Gasteiger charge is -2.20. The number of nitrogens with one attached hydrogen (secondary N) is 1. The highest BCUT2D eigenvalue weighted by atomic mass is 32.1. The van der Waals surface area contributed by atoms with Crippen molar-refractivity contribution in [2.45, 2.75) is 32.9 Å². The molecule has 9 heteroatoms. The number of hydrogen-bond acceptors (Lipinski definition) is 6. The highest BCUT2D eigenvalue weighted by Crippen LogP contribution is 2.26. The third-order valence-corrected chi connectivity index (χ3v) is 6.70. The molecule has 32 heavy (non-hydrogen) atoms. The standard InChI is InChI=1S/C23H25N5O3S/c1-14-15(2)32-22-19(14)23(30)28(13-25-22)10-8-18(29)26-20(21-24-9-11-27(21)3)16-6-5-7-17(12-16)31-4/h5-7,9,11-13,20H,8,10H2,1-4H3,(H,26,29). The van der Waals surface area contributed by atoms with Crippen molar-refractivity contribution in [1.82, 2.24) is 24.4 Å². The van der Waals surface area contributed by atoms with Crippen molar-refractivity contribution >= 4 is 27.5 Å². The maximum Gasteiger partial charge on any atom is 0.262 e. The molecule has 0 aliphatic rings. The van der Waals surface area contributed by atoms with Gasteiger partial charge in [0.25, 0.3) is 5.56 Å². The van der Waals surface area contributed by atoms with Crippen molar-refractivity contribution in [3.05, 3.63) is 75.2 Å². The highest BCUT2D eigenvalue weighted by Gasteiger charge is 2.21. The topological polar surface area (TPSA) is 91.0 Å². The summed E-state index contributed by atoms with van der Waals surface area (Å²) in [6.07, 6.45) is 5.19. The Bertz CT molecular complexity index is 1340. The van der Waals surface area contributed by atoms with Gasteiger partial charge in [0, 0.05) is 37.3 Å². The minimum absolute atomic E-state index is 0.113. The molecule has 0 aliphatic heterocycles. The molecule has 166 valence electrons. The smallest absolute Gasteiger partial charge is 0.262 e. The molecule has 1 atom stereocenters. The maximum atomic E-state index is 12.9. The molecule has 0 bridgehead atoms. The van der Waals surface area contributed by atoms with Gasteiger partial charge in [0.1, 0.15) is 22.4 Å². The quantitative estimate of drug-likeness (QED) is 0.466. The van der Waals surface area contributed by atoms with E-state index >= 15 is 0 Å². The van der Waals surface area contributed by atoms with Crippen molar-refractivity contribution in [1.29, 1.82) is 0 Å². The lowest BCUT2D eigenvalue weighted by Crippen LogP contribution is -2.32. The van der Waals surface area contributed by atoms with Crippen LogP contribution in [0.15, 0.2) is 47.8 Å². The van der Waals surface area contributed by atoms with E-state index in [1.807, 2.05) is 55.9 Å². The van der Waals surface area contributed by atoms with Gasteiger partial charge in [-0.2, -0.15) is 0 Å². The molecule has 8 nitrogen and oxygen atoms in total. The van der Waals surface area contributed by atoms with Gasteiger partial charge in [-0.05, 0) is 37.1 Å². The lowest BCUT2D eigenvalue weighted by atomic mass is 10.1. The molecule has 1 aromatic carbocycles. The van der Waals surface area contributed by atoms with Crippen LogP contribution in [0.2, 0.25) is 0 Å². The zero-order chi connectivity index (χ0) is 22.8. The third-order valence-electron chi connectivity index (χ3n) is 5.58. The first-order valence-corrected chi connectivity index (χ1v) is 11.1. The van der Waals surface area contributed by atoms with Gasteiger partial charge in [-0.15, -0.1) is 11.3 Å². The van der Waals surface area contributed by atoms with Crippen LogP contribution in [-0.2, 0) is 18.4 Å². The zero-order valence-electron chi connectivity index (χ0n) is 18.5. The summed E-state index contributed by atoms with van der Waals surface area (Å²) in [5.74, 6) is 1.21. The molecular weight excluding hydrogens is 426 g/mol. The van der Waals surface area contributed by atoms with Crippen LogP contribution in [0.1, 0.15) is 34.3 Å². The second-order valence-electron chi connectivity index (χ2n) is 7.63. The van der Waals surface area contributed by atoms with Gasteiger partial charge < -0.3 is 14.6 Å². The molecule has 0 radical (unpaired) electrons. The van der Waals surface area contributed by atoms with Crippen LogP contribution in [-0.4, -0.2) is 32.1 Å². The number of carbonyl (C=O) groups excluding carboxylic acids is 1. The number of hydrogen-bond donors (Lipinski definition) is 1. The Morgan fingerprint density at radius 3 is 2.81 bits per heavy atom. The number of ether oxygens (including phenoxy) is 1. The first-order valence-electron chi connectivity index (χ1n) is 10.2. The van der Waals surface area contributed by atoms with E-state index < -0.39 is 6.04 Å². The van der Waals surface area contributed by atoms with Crippen molar-refractivity contribution in [3.63, 3.8) is 0 Å². The minimum atomic E-state index is -0.448. The first-order chi connectivity index (χ1) is 15.4. The number of benzene rings is 1. The molecule has 0 aliphatic carbocycles. The second-order valence-corrected chi connectivity index (χ2v) is 8.83. The van der Waals surface area contributed by atoms with E-state index in [9.17, 15) is 9.59 Å². The van der Waals surface area contributed by atoms with E-state index in [-0.39, 0.29) is 24.4 Å². The minimum Gasteiger partial charge on any atom is -0.497 e. The summed E-state index contributed by atoms with van der Waals surface area (Å²) in [6, 6.07) is 7.08. The normalized spacial score (nSPS) is 12.1. The number of aromatic nitrogens is 4. The molecule has 0 saturated carbocycles. The predicted molar refractivity (Wildman–Crippen MR) is 124 cm³/mol. The Morgan fingerprint density at radius 2 is 2.09 bits per heavy atom. The monoisotopic (exact) mass is 451 g/mol. The Morgan fingerprint density at radius 1 is 1.28 bits per heavy atom. The van der Waals surface area contributed by atoms with Gasteiger partial charge in [-0.3, -0.25) is 14.2 Å². The maximum absolute atomic E-state index is 12.9. The van der Waals surface area contributed by atoms with Gasteiger partial charge >= 0.3 is 0 Å². The average molecular weight is 452 g/mol. The fourth-order valence-electron chi connectivity index (χ4n) is 3.66. The summed E-state index contributed by atoms with van der Waals surface area (Å²) >= 11 is 1.51. The lowest BCUT2D eigenvalue weighted by molar-refractivity contribution is -0.121. The molecule has 4 aromatic rings. The van der Waals surface area contributed by atoms with Gasteiger partial charge in [0.05, 0.1) is 18.8 Å². The van der Waals surface area contributed by atoms with E-state index in [2.05, 4.69) is 15.3 Å². The fourth-order valence-corrected chi connectivity index (χ4v) is 4.65. The van der Waals surface area contributed by atoms with E-state index in [0.717, 1.165) is 20.8 Å². The fraction of sp³-hybridized carbons (Fsp3) is 0.304. The third kappa shape index (κ3) is 4.16. The first kappa shape index (κ1) is 21.8. The average Bonchev–Trinajstić information content (AvgIpc) is 3.34. The number of carbonyl (C=O) groups is 1. The Balaban J connectivity index is 1.55. The van der Waals surface area contributed by atoms with Gasteiger partial charge in [0.15, 0.2) is 0 Å². The van der Waals surface area contributed by atoms with Crippen molar-refractivity contribution in [2.75, 3.05) is 7.11 Å². The van der Waals surface area contributed by atoms with Crippen LogP contribution >= 0.6 is 11.3 Å². The van der Waals surface area contributed by atoms with Crippen LogP contribution in [0, 0.1) is 13.8 Å². The number of amides is 1. The SMILES string of the molecule is COc1cccc(C(NC(=O)CCn2cnc3sc(C)c(C)c3c2=O)c2nccn2C)c1. The molecule has 0 saturated heterocycles. The highest BCUT2D eigenvalue weighted by molar-refractivity contribution is 7.18. The number of fused-ring (bicyclic) bond motifs is 1. The van der Waals surface area contributed by atoms with Crippen LogP contribution in [0.25, 0.3) is 10.2 Å². The Kier molecular flexibility index (Phi) is 6.09. The summed E-state index contributed by atoms with van der Waals surface area (Å²) in [5, 5.41) is 3.70. The van der Waals surface area contributed by atoms with Crippen LogP contribution < -0.4 is 15.6 Å². The molecule has 0 spiro atoms. The summed E-state index contributed by atoms with van der Waals surface area (Å²) in [6.45, 7) is 4.16. The number of imidazole rings is 1. The predicted octanol–water partition coefficient (Wildman–Crippen LogP) is 3.11. The van der Waals surface area contributed by atoms with E-state index in [1.54, 1.807) is 13.3 Å². The van der Waals surface area contributed by atoms with Gasteiger partial charge in [-0.25, -0.2) is 9.97 Å². The molecular formula is C23H25N5O3S. The van der Waals surface area contributed by atoms with Crippen molar-refractivity contribution < 1.29 is 9.53 Å². The number of methoxy groups -OCH3 is 1. The Labute approximate surface area is 189 Å². The molecule has 3 aromatic heterocycles. The molecule has 1 amide bonds.